The SMILES string of the molecule is COc1cc(CCCO)ccc1OC(CO)COC1OCC(O)C(O)C1O. The van der Waals surface area contributed by atoms with E-state index in [-0.39, 0.29) is 26.4 Å². The molecule has 5 unspecified atom stereocenters. The summed E-state index contributed by atoms with van der Waals surface area (Å²) < 4.78 is 21.6. The standard InChI is InChI=1S/C18H28O9/c1-24-15-7-11(3-2-6-19)4-5-14(15)27-12(8-20)9-25-18-17(23)16(22)13(21)10-26-18/h4-5,7,12-13,16-23H,2-3,6,8-10H2,1H3. The molecule has 5 atom stereocenters. The van der Waals surface area contributed by atoms with E-state index in [1.807, 2.05) is 6.07 Å². The van der Waals surface area contributed by atoms with Crippen molar-refractivity contribution in [1.82, 2.24) is 0 Å². The summed E-state index contributed by atoms with van der Waals surface area (Å²) in [6.07, 6.45) is -4.52. The summed E-state index contributed by atoms with van der Waals surface area (Å²) in [5, 5.41) is 47.4. The molecule has 0 radical (unpaired) electrons. The summed E-state index contributed by atoms with van der Waals surface area (Å²) in [7, 11) is 1.50. The molecule has 27 heavy (non-hydrogen) atoms. The van der Waals surface area contributed by atoms with Crippen LogP contribution in [0.5, 0.6) is 11.5 Å². The van der Waals surface area contributed by atoms with Gasteiger partial charge in [0.15, 0.2) is 17.8 Å². The Morgan fingerprint density at radius 3 is 2.59 bits per heavy atom. The van der Waals surface area contributed by atoms with Gasteiger partial charge < -0.3 is 44.5 Å². The minimum atomic E-state index is -1.41. The Morgan fingerprint density at radius 2 is 1.93 bits per heavy atom. The van der Waals surface area contributed by atoms with Crippen LogP contribution in [0, 0.1) is 0 Å². The van der Waals surface area contributed by atoms with E-state index in [1.54, 1.807) is 12.1 Å². The highest BCUT2D eigenvalue weighted by Crippen LogP contribution is 2.29. The minimum absolute atomic E-state index is 0.102. The fourth-order valence-corrected chi connectivity index (χ4v) is 2.68. The zero-order valence-corrected chi connectivity index (χ0v) is 15.2. The molecule has 0 saturated carbocycles. The van der Waals surface area contributed by atoms with Gasteiger partial charge in [-0.05, 0) is 30.5 Å². The number of benzene rings is 1. The van der Waals surface area contributed by atoms with Crippen LogP contribution in [0.3, 0.4) is 0 Å². The number of aliphatic hydroxyl groups excluding tert-OH is 5. The van der Waals surface area contributed by atoms with Gasteiger partial charge in [-0.1, -0.05) is 6.07 Å². The van der Waals surface area contributed by atoms with Gasteiger partial charge in [0.1, 0.15) is 24.4 Å². The van der Waals surface area contributed by atoms with E-state index in [4.69, 9.17) is 24.1 Å². The number of hydrogen-bond donors (Lipinski definition) is 5. The lowest BCUT2D eigenvalue weighted by Crippen LogP contribution is -2.54. The predicted molar refractivity (Wildman–Crippen MR) is 93.6 cm³/mol. The smallest absolute Gasteiger partial charge is 0.186 e. The van der Waals surface area contributed by atoms with Gasteiger partial charge >= 0.3 is 0 Å². The molecule has 1 saturated heterocycles. The molecule has 1 aromatic carbocycles. The summed E-state index contributed by atoms with van der Waals surface area (Å²) in [6, 6.07) is 5.35. The van der Waals surface area contributed by atoms with Crippen LogP contribution >= 0.6 is 0 Å². The van der Waals surface area contributed by atoms with Gasteiger partial charge in [-0.15, -0.1) is 0 Å². The molecule has 0 aromatic heterocycles. The van der Waals surface area contributed by atoms with Crippen LogP contribution in [0.25, 0.3) is 0 Å². The molecule has 9 heteroatoms. The lowest BCUT2D eigenvalue weighted by molar-refractivity contribution is -0.274. The van der Waals surface area contributed by atoms with Gasteiger partial charge in [-0.3, -0.25) is 0 Å². The highest BCUT2D eigenvalue weighted by Gasteiger charge is 2.38. The van der Waals surface area contributed by atoms with Crippen molar-refractivity contribution in [2.45, 2.75) is 43.5 Å². The van der Waals surface area contributed by atoms with Gasteiger partial charge in [-0.2, -0.15) is 0 Å². The second-order valence-corrected chi connectivity index (χ2v) is 6.32. The maximum atomic E-state index is 9.87. The van der Waals surface area contributed by atoms with E-state index in [1.165, 1.54) is 7.11 Å². The molecular weight excluding hydrogens is 360 g/mol. The molecule has 0 amide bonds. The Kier molecular flexibility index (Phi) is 8.71. The second kappa shape index (κ2) is 10.8. The number of aliphatic hydroxyl groups is 5. The van der Waals surface area contributed by atoms with Crippen molar-refractivity contribution in [3.05, 3.63) is 23.8 Å². The van der Waals surface area contributed by atoms with Crippen LogP contribution in [0.15, 0.2) is 18.2 Å². The Hall–Kier alpha value is -1.46. The average Bonchev–Trinajstić information content (AvgIpc) is 2.69. The Bertz CT molecular complexity index is 568. The highest BCUT2D eigenvalue weighted by molar-refractivity contribution is 5.43. The molecule has 0 spiro atoms. The fraction of sp³-hybridized carbons (Fsp3) is 0.667. The molecule has 0 bridgehead atoms. The van der Waals surface area contributed by atoms with Crippen molar-refractivity contribution < 1.29 is 44.5 Å². The number of ether oxygens (including phenoxy) is 4. The van der Waals surface area contributed by atoms with Crippen LogP contribution in [-0.4, -0.2) is 89.8 Å². The average molecular weight is 388 g/mol. The van der Waals surface area contributed by atoms with E-state index in [9.17, 15) is 20.4 Å². The fourth-order valence-electron chi connectivity index (χ4n) is 2.68. The van der Waals surface area contributed by atoms with E-state index in [0.29, 0.717) is 24.3 Å². The van der Waals surface area contributed by atoms with Crippen LogP contribution in [0.1, 0.15) is 12.0 Å². The molecule has 0 aliphatic carbocycles. The number of hydrogen-bond acceptors (Lipinski definition) is 9. The number of aryl methyl sites for hydroxylation is 1. The van der Waals surface area contributed by atoms with Crippen molar-refractivity contribution in [1.29, 1.82) is 0 Å². The first kappa shape index (κ1) is 21.8. The molecule has 154 valence electrons. The quantitative estimate of drug-likeness (QED) is 0.335. The third-order valence-corrected chi connectivity index (χ3v) is 4.25. The summed E-state index contributed by atoms with van der Waals surface area (Å²) in [5.41, 5.74) is 0.983. The van der Waals surface area contributed by atoms with Crippen molar-refractivity contribution >= 4 is 0 Å². The van der Waals surface area contributed by atoms with Crippen LogP contribution in [0.2, 0.25) is 0 Å². The molecule has 1 aromatic rings. The van der Waals surface area contributed by atoms with Crippen LogP contribution in [-0.2, 0) is 15.9 Å². The summed E-state index contributed by atoms with van der Waals surface area (Å²) >= 11 is 0. The predicted octanol–water partition coefficient (Wildman–Crippen LogP) is -1.18. The second-order valence-electron chi connectivity index (χ2n) is 6.32. The molecule has 1 heterocycles. The highest BCUT2D eigenvalue weighted by atomic mass is 16.7. The van der Waals surface area contributed by atoms with E-state index < -0.39 is 30.7 Å². The van der Waals surface area contributed by atoms with Crippen molar-refractivity contribution in [2.24, 2.45) is 0 Å². The molecule has 9 nitrogen and oxygen atoms in total. The van der Waals surface area contributed by atoms with E-state index in [0.717, 1.165) is 5.56 Å². The molecule has 1 aliphatic heterocycles. The van der Waals surface area contributed by atoms with Crippen LogP contribution in [0.4, 0.5) is 0 Å². The maximum Gasteiger partial charge on any atom is 0.186 e. The molecule has 5 N–H and O–H groups in total. The van der Waals surface area contributed by atoms with Gasteiger partial charge in [0.2, 0.25) is 0 Å². The monoisotopic (exact) mass is 388 g/mol. The van der Waals surface area contributed by atoms with Crippen molar-refractivity contribution in [3.8, 4) is 11.5 Å². The molecule has 2 rings (SSSR count). The summed E-state index contributed by atoms with van der Waals surface area (Å²) in [5.74, 6) is 0.893. The van der Waals surface area contributed by atoms with Gasteiger partial charge in [0.05, 0.1) is 26.9 Å². The van der Waals surface area contributed by atoms with E-state index >= 15 is 0 Å². The first-order valence-electron chi connectivity index (χ1n) is 8.82. The molecule has 1 aliphatic rings. The third kappa shape index (κ3) is 6.01. The maximum absolute atomic E-state index is 9.87. The topological polar surface area (TPSA) is 138 Å². The van der Waals surface area contributed by atoms with Crippen molar-refractivity contribution in [3.63, 3.8) is 0 Å². The Morgan fingerprint density at radius 1 is 1.15 bits per heavy atom. The van der Waals surface area contributed by atoms with Gasteiger partial charge in [0, 0.05) is 6.61 Å². The van der Waals surface area contributed by atoms with Gasteiger partial charge in [-0.25, -0.2) is 0 Å². The Labute approximate surface area is 157 Å². The third-order valence-electron chi connectivity index (χ3n) is 4.25. The normalized spacial score (nSPS) is 26.6. The zero-order valence-electron chi connectivity index (χ0n) is 15.2. The van der Waals surface area contributed by atoms with Crippen LogP contribution < -0.4 is 9.47 Å². The number of methoxy groups -OCH3 is 1. The molecular formula is C18H28O9. The summed E-state index contributed by atoms with van der Waals surface area (Å²) in [6.45, 7) is -0.540. The van der Waals surface area contributed by atoms with Crippen molar-refractivity contribution in [2.75, 3.05) is 33.5 Å². The largest absolute Gasteiger partial charge is 0.493 e. The lowest BCUT2D eigenvalue weighted by Gasteiger charge is -2.35. The Balaban J connectivity index is 1.94. The lowest BCUT2D eigenvalue weighted by atomic mass is 10.1. The van der Waals surface area contributed by atoms with Gasteiger partial charge in [0.25, 0.3) is 0 Å². The zero-order chi connectivity index (χ0) is 19.8. The molecule has 1 fully saturated rings. The first-order valence-corrected chi connectivity index (χ1v) is 8.82. The van der Waals surface area contributed by atoms with E-state index in [2.05, 4.69) is 0 Å². The first-order chi connectivity index (χ1) is 13.0. The number of rotatable bonds is 10. The minimum Gasteiger partial charge on any atom is -0.493 e. The summed E-state index contributed by atoms with van der Waals surface area (Å²) in [4.78, 5) is 0.